The summed E-state index contributed by atoms with van der Waals surface area (Å²) in [5.74, 6) is 1.08. The number of aryl methyl sites for hydroxylation is 3. The molecule has 3 rings (SSSR count). The van der Waals surface area contributed by atoms with Crippen molar-refractivity contribution in [3.05, 3.63) is 58.5 Å². The molecule has 0 radical (unpaired) electrons. The Labute approximate surface area is 139 Å². The van der Waals surface area contributed by atoms with Gasteiger partial charge < -0.3 is 9.73 Å². The van der Waals surface area contributed by atoms with Crippen molar-refractivity contribution in [3.63, 3.8) is 0 Å². The minimum atomic E-state index is 0.346. The topological polar surface area (TPSA) is 28.4 Å². The standard InChI is InChI=1S/C20H28N2O/c1-15-11-16(2)18(17(3)12-15)13-21-14-19(20-7-6-10-23-20)22-8-4-5-9-22/h6-7,10-12,19,21H,4-5,8-9,13-14H2,1-3H3. The van der Waals surface area contributed by atoms with Crippen molar-refractivity contribution < 1.29 is 4.42 Å². The normalized spacial score (nSPS) is 16.8. The minimum absolute atomic E-state index is 0.346. The Hall–Kier alpha value is -1.58. The Bertz CT molecular complexity index is 604. The van der Waals surface area contributed by atoms with Gasteiger partial charge in [-0.15, -0.1) is 0 Å². The molecule has 0 bridgehead atoms. The summed E-state index contributed by atoms with van der Waals surface area (Å²) in [6.45, 7) is 10.8. The zero-order chi connectivity index (χ0) is 16.2. The summed E-state index contributed by atoms with van der Waals surface area (Å²) in [6.07, 6.45) is 4.38. The van der Waals surface area contributed by atoms with Crippen LogP contribution in [0, 0.1) is 20.8 Å². The number of likely N-dealkylation sites (tertiary alicyclic amines) is 1. The molecule has 1 unspecified atom stereocenters. The molecule has 1 aromatic carbocycles. The van der Waals surface area contributed by atoms with Gasteiger partial charge in [0.2, 0.25) is 0 Å². The highest BCUT2D eigenvalue weighted by molar-refractivity contribution is 5.37. The van der Waals surface area contributed by atoms with E-state index >= 15 is 0 Å². The third-order valence-corrected chi connectivity index (χ3v) is 4.93. The summed E-state index contributed by atoms with van der Waals surface area (Å²) >= 11 is 0. The third-order valence-electron chi connectivity index (χ3n) is 4.93. The van der Waals surface area contributed by atoms with E-state index in [0.717, 1.165) is 18.8 Å². The van der Waals surface area contributed by atoms with Gasteiger partial charge in [0.15, 0.2) is 0 Å². The molecule has 0 spiro atoms. The molecule has 2 aromatic rings. The van der Waals surface area contributed by atoms with Gasteiger partial charge in [0.25, 0.3) is 0 Å². The van der Waals surface area contributed by atoms with E-state index in [9.17, 15) is 0 Å². The smallest absolute Gasteiger partial charge is 0.122 e. The number of nitrogens with zero attached hydrogens (tertiary/aromatic N) is 1. The first-order valence-corrected chi connectivity index (χ1v) is 8.70. The second-order valence-corrected chi connectivity index (χ2v) is 6.78. The SMILES string of the molecule is Cc1cc(C)c(CNCC(c2ccco2)N2CCCC2)c(C)c1. The van der Waals surface area contributed by atoms with Crippen LogP contribution in [0.25, 0.3) is 0 Å². The summed E-state index contributed by atoms with van der Waals surface area (Å²) in [5.41, 5.74) is 5.53. The van der Waals surface area contributed by atoms with Crippen molar-refractivity contribution in [1.29, 1.82) is 0 Å². The molecule has 1 aliphatic rings. The van der Waals surface area contributed by atoms with Gasteiger partial charge in [-0.2, -0.15) is 0 Å². The summed E-state index contributed by atoms with van der Waals surface area (Å²) in [4.78, 5) is 2.54. The van der Waals surface area contributed by atoms with E-state index in [1.165, 1.54) is 48.2 Å². The fourth-order valence-corrected chi connectivity index (χ4v) is 3.77. The van der Waals surface area contributed by atoms with Gasteiger partial charge in [0.1, 0.15) is 5.76 Å². The Kier molecular flexibility index (Phi) is 5.19. The number of rotatable bonds is 6. The van der Waals surface area contributed by atoms with Crippen molar-refractivity contribution in [1.82, 2.24) is 10.2 Å². The molecule has 1 N–H and O–H groups in total. The monoisotopic (exact) mass is 312 g/mol. The van der Waals surface area contributed by atoms with E-state index in [4.69, 9.17) is 4.42 Å². The van der Waals surface area contributed by atoms with Gasteiger partial charge >= 0.3 is 0 Å². The largest absolute Gasteiger partial charge is 0.468 e. The first-order chi connectivity index (χ1) is 11.1. The second kappa shape index (κ2) is 7.33. The van der Waals surface area contributed by atoms with Gasteiger partial charge in [-0.1, -0.05) is 17.7 Å². The van der Waals surface area contributed by atoms with Crippen molar-refractivity contribution in [2.24, 2.45) is 0 Å². The first kappa shape index (κ1) is 16.3. The highest BCUT2D eigenvalue weighted by atomic mass is 16.3. The zero-order valence-corrected chi connectivity index (χ0v) is 14.6. The van der Waals surface area contributed by atoms with Crippen LogP contribution in [0.2, 0.25) is 0 Å². The first-order valence-electron chi connectivity index (χ1n) is 8.70. The van der Waals surface area contributed by atoms with Crippen LogP contribution >= 0.6 is 0 Å². The van der Waals surface area contributed by atoms with Gasteiger partial charge in [0.05, 0.1) is 12.3 Å². The molecular weight excluding hydrogens is 284 g/mol. The second-order valence-electron chi connectivity index (χ2n) is 6.78. The van der Waals surface area contributed by atoms with Crippen LogP contribution < -0.4 is 5.32 Å². The number of hydrogen-bond acceptors (Lipinski definition) is 3. The van der Waals surface area contributed by atoms with Crippen LogP contribution in [0.1, 0.15) is 46.9 Å². The zero-order valence-electron chi connectivity index (χ0n) is 14.6. The highest BCUT2D eigenvalue weighted by Crippen LogP contribution is 2.25. The number of hydrogen-bond donors (Lipinski definition) is 1. The lowest BCUT2D eigenvalue weighted by atomic mass is 10.00. The Morgan fingerprint density at radius 2 is 1.83 bits per heavy atom. The summed E-state index contributed by atoms with van der Waals surface area (Å²) in [7, 11) is 0. The highest BCUT2D eigenvalue weighted by Gasteiger charge is 2.25. The molecule has 23 heavy (non-hydrogen) atoms. The van der Waals surface area contributed by atoms with Gasteiger partial charge in [-0.05, 0) is 75.5 Å². The van der Waals surface area contributed by atoms with E-state index in [2.05, 4.69) is 49.2 Å². The van der Waals surface area contributed by atoms with Crippen LogP contribution in [0.4, 0.5) is 0 Å². The lowest BCUT2D eigenvalue weighted by Gasteiger charge is -2.26. The van der Waals surface area contributed by atoms with E-state index in [0.29, 0.717) is 6.04 Å². The van der Waals surface area contributed by atoms with Crippen molar-refractivity contribution in [2.45, 2.75) is 46.2 Å². The number of nitrogens with one attached hydrogen (secondary N) is 1. The minimum Gasteiger partial charge on any atom is -0.468 e. The lowest BCUT2D eigenvalue weighted by Crippen LogP contribution is -2.34. The fourth-order valence-electron chi connectivity index (χ4n) is 3.77. The van der Waals surface area contributed by atoms with Crippen molar-refractivity contribution in [2.75, 3.05) is 19.6 Å². The summed E-state index contributed by atoms with van der Waals surface area (Å²) in [6, 6.07) is 8.99. The van der Waals surface area contributed by atoms with Crippen LogP contribution in [0.15, 0.2) is 34.9 Å². The molecule has 0 saturated carbocycles. The van der Waals surface area contributed by atoms with Crippen LogP contribution in [0.3, 0.4) is 0 Å². The fraction of sp³-hybridized carbons (Fsp3) is 0.500. The van der Waals surface area contributed by atoms with E-state index in [1.54, 1.807) is 6.26 Å². The third kappa shape index (κ3) is 3.85. The predicted molar refractivity (Wildman–Crippen MR) is 94.6 cm³/mol. The van der Waals surface area contributed by atoms with Gasteiger partial charge in [-0.3, -0.25) is 4.90 Å². The molecular formula is C20H28N2O. The molecule has 1 aromatic heterocycles. The summed E-state index contributed by atoms with van der Waals surface area (Å²) in [5, 5.41) is 3.67. The lowest BCUT2D eigenvalue weighted by molar-refractivity contribution is 0.209. The van der Waals surface area contributed by atoms with Crippen molar-refractivity contribution in [3.8, 4) is 0 Å². The molecule has 3 nitrogen and oxygen atoms in total. The molecule has 3 heteroatoms. The average Bonchev–Trinajstić information content (AvgIpc) is 3.19. The number of furan rings is 1. The van der Waals surface area contributed by atoms with Gasteiger partial charge in [0, 0.05) is 13.1 Å². The maximum absolute atomic E-state index is 5.69. The Morgan fingerprint density at radius 1 is 1.13 bits per heavy atom. The molecule has 1 atom stereocenters. The molecule has 0 aliphatic carbocycles. The van der Waals surface area contributed by atoms with E-state index < -0.39 is 0 Å². The van der Waals surface area contributed by atoms with E-state index in [1.807, 2.05) is 6.07 Å². The van der Waals surface area contributed by atoms with Crippen LogP contribution in [-0.2, 0) is 6.54 Å². The molecule has 124 valence electrons. The van der Waals surface area contributed by atoms with Gasteiger partial charge in [-0.25, -0.2) is 0 Å². The van der Waals surface area contributed by atoms with Crippen LogP contribution in [-0.4, -0.2) is 24.5 Å². The molecule has 1 aliphatic heterocycles. The molecule has 1 saturated heterocycles. The molecule has 1 fully saturated rings. The predicted octanol–water partition coefficient (Wildman–Crippen LogP) is 4.13. The maximum atomic E-state index is 5.69. The molecule has 0 amide bonds. The Balaban J connectivity index is 1.65. The molecule has 2 heterocycles. The summed E-state index contributed by atoms with van der Waals surface area (Å²) < 4.78 is 5.69. The quantitative estimate of drug-likeness (QED) is 0.869. The number of benzene rings is 1. The average molecular weight is 312 g/mol. The van der Waals surface area contributed by atoms with Crippen molar-refractivity contribution >= 4 is 0 Å². The van der Waals surface area contributed by atoms with E-state index in [-0.39, 0.29) is 0 Å². The maximum Gasteiger partial charge on any atom is 0.122 e. The van der Waals surface area contributed by atoms with Crippen LogP contribution in [0.5, 0.6) is 0 Å². The Morgan fingerprint density at radius 3 is 2.43 bits per heavy atom.